The topological polar surface area (TPSA) is 129 Å². The molecule has 0 bridgehead atoms. The molecule has 11 nitrogen and oxygen atoms in total. The van der Waals surface area contributed by atoms with Crippen molar-refractivity contribution in [1.29, 1.82) is 0 Å². The molecule has 0 radical (unpaired) electrons. The molecule has 1 saturated heterocycles. The number of hydrogen-bond donors (Lipinski definition) is 3. The van der Waals surface area contributed by atoms with E-state index in [0.717, 1.165) is 6.54 Å². The fourth-order valence-corrected chi connectivity index (χ4v) is 4.39. The van der Waals surface area contributed by atoms with Gasteiger partial charge in [-0.3, -0.25) is 24.1 Å². The lowest BCUT2D eigenvalue weighted by atomic mass is 10.0. The molecular formula is C26H39N5O6. The first-order valence-electron chi connectivity index (χ1n) is 12.8. The molecule has 0 spiro atoms. The number of rotatable bonds is 5. The minimum atomic E-state index is -1.09. The van der Waals surface area contributed by atoms with Crippen LogP contribution >= 0.6 is 0 Å². The van der Waals surface area contributed by atoms with Crippen molar-refractivity contribution in [3.05, 3.63) is 29.8 Å². The Hall–Kier alpha value is -3.18. The number of hydrogen-bond acceptors (Lipinski definition) is 7. The van der Waals surface area contributed by atoms with E-state index < -0.39 is 23.9 Å². The van der Waals surface area contributed by atoms with E-state index in [0.29, 0.717) is 38.5 Å². The van der Waals surface area contributed by atoms with Crippen molar-refractivity contribution in [3.63, 3.8) is 0 Å². The van der Waals surface area contributed by atoms with Crippen molar-refractivity contribution in [1.82, 2.24) is 25.8 Å². The second-order valence-corrected chi connectivity index (χ2v) is 9.90. The van der Waals surface area contributed by atoms with E-state index in [4.69, 9.17) is 9.47 Å². The maximum absolute atomic E-state index is 13.5. The molecule has 11 heteroatoms. The van der Waals surface area contributed by atoms with Crippen LogP contribution in [-0.4, -0.2) is 105 Å². The van der Waals surface area contributed by atoms with Gasteiger partial charge >= 0.3 is 0 Å². The molecule has 2 heterocycles. The predicted molar refractivity (Wildman–Crippen MR) is 137 cm³/mol. The molecule has 204 valence electrons. The Morgan fingerprint density at radius 2 is 1.78 bits per heavy atom. The highest BCUT2D eigenvalue weighted by Gasteiger charge is 2.33. The summed E-state index contributed by atoms with van der Waals surface area (Å²) in [7, 11) is 1.65. The summed E-state index contributed by atoms with van der Waals surface area (Å²) in [6, 6.07) is 4.46. The third-order valence-electron chi connectivity index (χ3n) is 6.56. The highest BCUT2D eigenvalue weighted by molar-refractivity contribution is 6.01. The molecule has 2 aliphatic rings. The van der Waals surface area contributed by atoms with Crippen LogP contribution in [0.1, 0.15) is 37.6 Å². The summed E-state index contributed by atoms with van der Waals surface area (Å²) in [5.74, 6) is -1.51. The van der Waals surface area contributed by atoms with E-state index >= 15 is 0 Å². The zero-order valence-electron chi connectivity index (χ0n) is 22.1. The molecule has 1 aromatic carbocycles. The Balaban J connectivity index is 1.84. The van der Waals surface area contributed by atoms with Crippen LogP contribution in [-0.2, 0) is 19.1 Å². The summed E-state index contributed by atoms with van der Waals surface area (Å²) in [6.45, 7) is 9.26. The average molecular weight is 518 g/mol. The van der Waals surface area contributed by atoms with Crippen LogP contribution in [0.4, 0.5) is 0 Å². The van der Waals surface area contributed by atoms with E-state index in [9.17, 15) is 19.2 Å². The number of nitrogens with one attached hydrogen (secondary N) is 3. The molecule has 3 atom stereocenters. The summed E-state index contributed by atoms with van der Waals surface area (Å²) in [4.78, 5) is 56.6. The molecule has 3 N–H and O–H groups in total. The molecule has 4 amide bonds. The van der Waals surface area contributed by atoms with Crippen LogP contribution in [0.15, 0.2) is 24.3 Å². The van der Waals surface area contributed by atoms with Crippen LogP contribution < -0.4 is 20.7 Å². The van der Waals surface area contributed by atoms with Crippen LogP contribution in [0.3, 0.4) is 0 Å². The van der Waals surface area contributed by atoms with Crippen molar-refractivity contribution in [3.8, 4) is 5.75 Å². The Kier molecular flexibility index (Phi) is 10.3. The molecule has 0 unspecified atom stereocenters. The number of carbonyl (C=O) groups is 4. The van der Waals surface area contributed by atoms with Crippen molar-refractivity contribution in [2.75, 3.05) is 53.0 Å². The summed E-state index contributed by atoms with van der Waals surface area (Å²) in [5, 5.41) is 8.38. The van der Waals surface area contributed by atoms with Crippen LogP contribution in [0.25, 0.3) is 0 Å². The van der Waals surface area contributed by atoms with E-state index in [1.54, 1.807) is 43.2 Å². The van der Waals surface area contributed by atoms with Gasteiger partial charge in [-0.15, -0.1) is 0 Å². The van der Waals surface area contributed by atoms with Crippen molar-refractivity contribution in [2.24, 2.45) is 5.92 Å². The lowest BCUT2D eigenvalue weighted by Gasteiger charge is -2.36. The summed E-state index contributed by atoms with van der Waals surface area (Å²) >= 11 is 0. The lowest BCUT2D eigenvalue weighted by molar-refractivity contribution is -0.138. The highest BCUT2D eigenvalue weighted by Crippen LogP contribution is 2.19. The summed E-state index contributed by atoms with van der Waals surface area (Å²) in [5.41, 5.74) is 0.251. The number of amides is 4. The first-order valence-corrected chi connectivity index (χ1v) is 12.8. The van der Waals surface area contributed by atoms with Gasteiger partial charge in [0.25, 0.3) is 5.91 Å². The molecule has 0 aliphatic carbocycles. The van der Waals surface area contributed by atoms with Gasteiger partial charge in [-0.1, -0.05) is 26.0 Å². The predicted octanol–water partition coefficient (Wildman–Crippen LogP) is 0.00360. The first-order chi connectivity index (χ1) is 17.7. The van der Waals surface area contributed by atoms with Gasteiger partial charge in [0.1, 0.15) is 24.4 Å². The monoisotopic (exact) mass is 517 g/mol. The van der Waals surface area contributed by atoms with Crippen molar-refractivity contribution in [2.45, 2.75) is 45.3 Å². The Labute approximate surface area is 218 Å². The highest BCUT2D eigenvalue weighted by atomic mass is 16.5. The van der Waals surface area contributed by atoms with Crippen molar-refractivity contribution >= 4 is 23.6 Å². The van der Waals surface area contributed by atoms with Crippen molar-refractivity contribution < 1.29 is 28.7 Å². The molecular weight excluding hydrogens is 478 g/mol. The van der Waals surface area contributed by atoms with Crippen LogP contribution in [0.5, 0.6) is 5.75 Å². The van der Waals surface area contributed by atoms with E-state index in [1.807, 2.05) is 13.8 Å². The zero-order chi connectivity index (χ0) is 26.9. The van der Waals surface area contributed by atoms with E-state index in [-0.39, 0.29) is 42.4 Å². The number of carbonyl (C=O) groups excluding carboxylic acids is 4. The van der Waals surface area contributed by atoms with E-state index in [1.165, 1.54) is 0 Å². The minimum Gasteiger partial charge on any atom is -0.491 e. The lowest BCUT2D eigenvalue weighted by Crippen LogP contribution is -2.57. The largest absolute Gasteiger partial charge is 0.491 e. The van der Waals surface area contributed by atoms with Gasteiger partial charge < -0.3 is 30.3 Å². The Morgan fingerprint density at radius 3 is 2.46 bits per heavy atom. The number of ether oxygens (including phenoxy) is 2. The zero-order valence-corrected chi connectivity index (χ0v) is 22.1. The van der Waals surface area contributed by atoms with Gasteiger partial charge in [-0.2, -0.15) is 0 Å². The number of benzene rings is 1. The van der Waals surface area contributed by atoms with Crippen LogP contribution in [0.2, 0.25) is 0 Å². The van der Waals surface area contributed by atoms with Gasteiger partial charge in [0.05, 0.1) is 24.6 Å². The molecule has 1 fully saturated rings. The summed E-state index contributed by atoms with van der Waals surface area (Å²) in [6.07, 6.45) is -0.288. The number of methoxy groups -OCH3 is 1. The van der Waals surface area contributed by atoms with Gasteiger partial charge in [0.2, 0.25) is 17.7 Å². The maximum Gasteiger partial charge on any atom is 0.255 e. The SMILES string of the molecule is COCCN1CCN(C(=O)[C@@H]2CC(=O)N[C@@H](C(C)C)C(=O)N[C@H](C)COc3ccccc3C(=O)N2)CC1. The van der Waals surface area contributed by atoms with Gasteiger partial charge in [0, 0.05) is 39.8 Å². The normalized spacial score (nSPS) is 24.3. The standard InChI is InChI=1S/C26H39N5O6/c1-17(2)23-25(34)27-18(3)16-37-21-8-6-5-7-19(21)24(33)28-20(15-22(32)29-23)26(35)31-11-9-30(10-12-31)13-14-36-4/h5-8,17-18,20,23H,9-16H2,1-4H3,(H,27,34)(H,28,33)(H,29,32)/t18-,20+,23+/m1/s1. The van der Waals surface area contributed by atoms with Gasteiger partial charge in [-0.25, -0.2) is 0 Å². The fraction of sp³-hybridized carbons (Fsp3) is 0.615. The number of fused-ring (bicyclic) bond motifs is 1. The molecule has 2 aliphatic heterocycles. The first kappa shape index (κ1) is 28.4. The molecule has 0 saturated carbocycles. The third-order valence-corrected chi connectivity index (χ3v) is 6.56. The Morgan fingerprint density at radius 1 is 1.08 bits per heavy atom. The number of para-hydroxylation sites is 1. The molecule has 37 heavy (non-hydrogen) atoms. The molecule has 3 rings (SSSR count). The molecule has 0 aromatic heterocycles. The number of nitrogens with zero attached hydrogens (tertiary/aromatic N) is 2. The second kappa shape index (κ2) is 13.4. The summed E-state index contributed by atoms with van der Waals surface area (Å²) < 4.78 is 11.0. The minimum absolute atomic E-state index is 0.129. The smallest absolute Gasteiger partial charge is 0.255 e. The Bertz CT molecular complexity index is 963. The van der Waals surface area contributed by atoms with E-state index in [2.05, 4.69) is 20.9 Å². The maximum atomic E-state index is 13.5. The average Bonchev–Trinajstić information content (AvgIpc) is 2.88. The third kappa shape index (κ3) is 7.90. The van der Waals surface area contributed by atoms with Gasteiger partial charge in [-0.05, 0) is 25.0 Å². The quantitative estimate of drug-likeness (QED) is 0.502. The number of piperazine rings is 1. The molecule has 1 aromatic rings. The van der Waals surface area contributed by atoms with Gasteiger partial charge in [0.15, 0.2) is 0 Å². The second-order valence-electron chi connectivity index (χ2n) is 9.90. The fourth-order valence-electron chi connectivity index (χ4n) is 4.39. The van der Waals surface area contributed by atoms with Crippen LogP contribution in [0, 0.1) is 5.92 Å².